The Balaban J connectivity index is 1.64. The summed E-state index contributed by atoms with van der Waals surface area (Å²) in [6, 6.07) is 0. The van der Waals surface area contributed by atoms with E-state index in [2.05, 4.69) is 40.7 Å². The molecule has 0 saturated heterocycles. The number of hydrogen-bond acceptors (Lipinski definition) is 6. The van der Waals surface area contributed by atoms with Crippen molar-refractivity contribution in [2.24, 2.45) is 50.2 Å². The molecule has 0 bridgehead atoms. The van der Waals surface area contributed by atoms with E-state index in [1.807, 2.05) is 13.8 Å². The molecule has 0 aromatic heterocycles. The van der Waals surface area contributed by atoms with Gasteiger partial charge in [-0.3, -0.25) is 0 Å². The van der Waals surface area contributed by atoms with Gasteiger partial charge in [0.1, 0.15) is 0 Å². The van der Waals surface area contributed by atoms with Crippen molar-refractivity contribution in [3.05, 3.63) is 11.6 Å². The van der Waals surface area contributed by atoms with Crippen LogP contribution in [-0.2, 0) is 0 Å². The van der Waals surface area contributed by atoms with E-state index in [1.165, 1.54) is 5.57 Å². The van der Waals surface area contributed by atoms with Crippen molar-refractivity contribution >= 4 is 0 Å². The highest BCUT2D eigenvalue weighted by Gasteiger charge is 2.72. The summed E-state index contributed by atoms with van der Waals surface area (Å²) in [5.74, 6) is 0.346. The molecule has 6 N–H and O–H groups in total. The molecule has 0 radical (unpaired) electrons. The smallest absolute Gasteiger partial charge is 0.0913 e. The SMILES string of the molecule is CC1(C)CC2C3=CCC4C5(C)CC(O)C(O)C(C)(C)C5CCC4(C)C3(C)CC(O)C2(CO)C(O)C1O. The Hall–Kier alpha value is -0.500. The molecule has 0 heterocycles. The van der Waals surface area contributed by atoms with E-state index in [-0.39, 0.29) is 46.0 Å². The highest BCUT2D eigenvalue weighted by atomic mass is 16.3. The average Bonchev–Trinajstić information content (AvgIpc) is 2.77. The quantitative estimate of drug-likeness (QED) is 0.304. The van der Waals surface area contributed by atoms with Gasteiger partial charge in [0.25, 0.3) is 0 Å². The van der Waals surface area contributed by atoms with Gasteiger partial charge in [0.15, 0.2) is 0 Å². The summed E-state index contributed by atoms with van der Waals surface area (Å²) >= 11 is 0. The normalized spacial score (nSPS) is 57.5. The van der Waals surface area contributed by atoms with Gasteiger partial charge < -0.3 is 30.6 Å². The van der Waals surface area contributed by atoms with E-state index >= 15 is 0 Å². The first-order valence-electron chi connectivity index (χ1n) is 14.2. The summed E-state index contributed by atoms with van der Waals surface area (Å²) in [4.78, 5) is 0. The topological polar surface area (TPSA) is 121 Å². The maximum Gasteiger partial charge on any atom is 0.0913 e. The Bertz CT molecular complexity index is 944. The molecule has 0 aromatic rings. The molecule has 4 fully saturated rings. The van der Waals surface area contributed by atoms with Crippen molar-refractivity contribution in [2.75, 3.05) is 6.61 Å². The number of aliphatic hydroxyl groups is 6. The van der Waals surface area contributed by atoms with Crippen molar-refractivity contribution in [2.45, 2.75) is 118 Å². The van der Waals surface area contributed by atoms with Crippen molar-refractivity contribution in [1.82, 2.24) is 0 Å². The molecule has 0 aliphatic heterocycles. The van der Waals surface area contributed by atoms with Crippen LogP contribution in [0.2, 0.25) is 0 Å². The van der Waals surface area contributed by atoms with E-state index < -0.39 is 41.3 Å². The molecule has 5 aliphatic rings. The lowest BCUT2D eigenvalue weighted by Gasteiger charge is -2.72. The van der Waals surface area contributed by atoms with Crippen LogP contribution in [0.15, 0.2) is 11.6 Å². The van der Waals surface area contributed by atoms with Gasteiger partial charge in [-0.25, -0.2) is 0 Å². The van der Waals surface area contributed by atoms with Gasteiger partial charge in [0.05, 0.1) is 42.5 Å². The van der Waals surface area contributed by atoms with E-state index in [4.69, 9.17) is 0 Å². The first-order chi connectivity index (χ1) is 16.4. The molecule has 206 valence electrons. The highest BCUT2D eigenvalue weighted by molar-refractivity contribution is 5.36. The fourth-order valence-electron chi connectivity index (χ4n) is 11.0. The molecule has 0 spiro atoms. The van der Waals surface area contributed by atoms with E-state index in [0.29, 0.717) is 19.3 Å². The van der Waals surface area contributed by atoms with E-state index in [1.54, 1.807) is 0 Å². The molecular formula is C30H50O6. The maximum atomic E-state index is 11.7. The van der Waals surface area contributed by atoms with Crippen LogP contribution in [0.3, 0.4) is 0 Å². The Labute approximate surface area is 216 Å². The first kappa shape index (κ1) is 27.1. The number of hydrogen-bond donors (Lipinski definition) is 6. The summed E-state index contributed by atoms with van der Waals surface area (Å²) < 4.78 is 0. The number of rotatable bonds is 1. The minimum absolute atomic E-state index is 0.145. The predicted octanol–water partition coefficient (Wildman–Crippen LogP) is 3.02. The summed E-state index contributed by atoms with van der Waals surface area (Å²) in [6.07, 6.45) is 2.09. The molecule has 6 heteroatoms. The molecule has 5 rings (SSSR count). The molecule has 0 aromatic carbocycles. The van der Waals surface area contributed by atoms with Gasteiger partial charge >= 0.3 is 0 Å². The maximum absolute atomic E-state index is 11.7. The minimum Gasteiger partial charge on any atom is -0.396 e. The summed E-state index contributed by atoms with van der Waals surface area (Å²) in [7, 11) is 0. The van der Waals surface area contributed by atoms with Gasteiger partial charge in [-0.05, 0) is 83.4 Å². The van der Waals surface area contributed by atoms with Crippen molar-refractivity contribution in [3.63, 3.8) is 0 Å². The van der Waals surface area contributed by atoms with Crippen LogP contribution >= 0.6 is 0 Å². The van der Waals surface area contributed by atoms with Crippen molar-refractivity contribution < 1.29 is 30.6 Å². The third-order valence-corrected chi connectivity index (χ3v) is 13.4. The van der Waals surface area contributed by atoms with Gasteiger partial charge in [-0.15, -0.1) is 0 Å². The van der Waals surface area contributed by atoms with Crippen molar-refractivity contribution in [1.29, 1.82) is 0 Å². The van der Waals surface area contributed by atoms with Crippen LogP contribution in [0.5, 0.6) is 0 Å². The van der Waals surface area contributed by atoms with Crippen LogP contribution in [0.1, 0.15) is 87.0 Å². The molecule has 12 unspecified atom stereocenters. The fourth-order valence-corrected chi connectivity index (χ4v) is 11.0. The molecule has 36 heavy (non-hydrogen) atoms. The Morgan fingerprint density at radius 2 is 1.44 bits per heavy atom. The summed E-state index contributed by atoms with van der Waals surface area (Å²) in [5.41, 5.74) is -1.50. The highest BCUT2D eigenvalue weighted by Crippen LogP contribution is 2.75. The van der Waals surface area contributed by atoms with Crippen LogP contribution in [0.25, 0.3) is 0 Å². The Morgan fingerprint density at radius 1 is 0.806 bits per heavy atom. The second-order valence-electron chi connectivity index (χ2n) is 15.5. The third-order valence-electron chi connectivity index (χ3n) is 13.4. The lowest BCUT2D eigenvalue weighted by Crippen LogP contribution is -2.72. The largest absolute Gasteiger partial charge is 0.396 e. The zero-order valence-electron chi connectivity index (χ0n) is 23.3. The van der Waals surface area contributed by atoms with Gasteiger partial charge in [0, 0.05) is 0 Å². The standard InChI is InChI=1S/C30H50O6/c1-25(2)12-17-16-8-9-20-27(5)13-18(32)22(34)26(3,4)19(27)10-11-28(20,6)29(16,7)14-21(33)30(17,15-31)24(36)23(25)35/h8,17-24,31-36H,9-15H2,1-7H3. The summed E-state index contributed by atoms with van der Waals surface area (Å²) in [5, 5.41) is 66.6. The Kier molecular flexibility index (Phi) is 5.86. The second kappa shape index (κ2) is 7.79. The number of allylic oxidation sites excluding steroid dienone is 2. The first-order valence-corrected chi connectivity index (χ1v) is 14.2. The fraction of sp³-hybridized carbons (Fsp3) is 0.933. The number of aliphatic hydroxyl groups excluding tert-OH is 6. The van der Waals surface area contributed by atoms with Gasteiger partial charge in [0.2, 0.25) is 0 Å². The molecule has 12 atom stereocenters. The van der Waals surface area contributed by atoms with Crippen LogP contribution < -0.4 is 0 Å². The molecule has 4 saturated carbocycles. The lowest BCUT2D eigenvalue weighted by atomic mass is 9.33. The van der Waals surface area contributed by atoms with Crippen LogP contribution in [0, 0.1) is 50.2 Å². The molecule has 6 nitrogen and oxygen atoms in total. The third kappa shape index (κ3) is 2.95. The number of fused-ring (bicyclic) bond motifs is 7. The Morgan fingerprint density at radius 3 is 2.06 bits per heavy atom. The predicted molar refractivity (Wildman–Crippen MR) is 138 cm³/mol. The molecule has 5 aliphatic carbocycles. The van der Waals surface area contributed by atoms with Gasteiger partial charge in [-0.1, -0.05) is 60.1 Å². The van der Waals surface area contributed by atoms with Crippen molar-refractivity contribution in [3.8, 4) is 0 Å². The minimum atomic E-state index is -1.20. The van der Waals surface area contributed by atoms with Crippen LogP contribution in [0.4, 0.5) is 0 Å². The van der Waals surface area contributed by atoms with Crippen LogP contribution in [-0.4, -0.2) is 67.8 Å². The second-order valence-corrected chi connectivity index (χ2v) is 15.5. The average molecular weight is 507 g/mol. The molecule has 0 amide bonds. The van der Waals surface area contributed by atoms with E-state index in [9.17, 15) is 30.6 Å². The summed E-state index contributed by atoms with van der Waals surface area (Å²) in [6.45, 7) is 14.8. The zero-order valence-corrected chi connectivity index (χ0v) is 23.3. The molecular weight excluding hydrogens is 456 g/mol. The lowest BCUT2D eigenvalue weighted by molar-refractivity contribution is -0.263. The monoisotopic (exact) mass is 506 g/mol. The zero-order chi connectivity index (χ0) is 26.9. The van der Waals surface area contributed by atoms with Gasteiger partial charge in [-0.2, -0.15) is 0 Å². The van der Waals surface area contributed by atoms with E-state index in [0.717, 1.165) is 19.3 Å².